The number of halogens is 1. The largest absolute Gasteiger partial charge is 0.334 e. The average molecular weight is 274 g/mol. The van der Waals surface area contributed by atoms with Gasteiger partial charge in [-0.2, -0.15) is 0 Å². The summed E-state index contributed by atoms with van der Waals surface area (Å²) in [5.41, 5.74) is 1.13. The first-order valence-electron chi connectivity index (χ1n) is 5.04. The third-order valence-corrected chi connectivity index (χ3v) is 5.34. The van der Waals surface area contributed by atoms with Crippen LogP contribution in [0.1, 0.15) is 6.92 Å². The fourth-order valence-electron chi connectivity index (χ4n) is 1.52. The molecular weight excluding hydrogens is 262 g/mol. The molecule has 2 aromatic rings. The summed E-state index contributed by atoms with van der Waals surface area (Å²) in [7, 11) is -1.72. The Morgan fingerprint density at radius 3 is 2.82 bits per heavy atom. The van der Waals surface area contributed by atoms with Gasteiger partial charge in [-0.15, -0.1) is 11.6 Å². The maximum Gasteiger partial charge on any atom is 0.201 e. The predicted molar refractivity (Wildman–Crippen MR) is 65.9 cm³/mol. The van der Waals surface area contributed by atoms with E-state index in [1.165, 1.54) is 6.20 Å². The number of sulfone groups is 1. The summed E-state index contributed by atoms with van der Waals surface area (Å²) in [6, 6.07) is 1.73. The summed E-state index contributed by atoms with van der Waals surface area (Å²) in [4.78, 5) is 8.02. The number of aromatic nitrogens is 3. The van der Waals surface area contributed by atoms with Gasteiger partial charge in [-0.05, 0) is 13.0 Å². The molecule has 1 unspecified atom stereocenters. The molecule has 0 radical (unpaired) electrons. The van der Waals surface area contributed by atoms with Crippen LogP contribution in [0.2, 0.25) is 0 Å². The minimum absolute atomic E-state index is 0.00347. The highest BCUT2D eigenvalue weighted by Crippen LogP contribution is 2.22. The minimum Gasteiger partial charge on any atom is -0.334 e. The van der Waals surface area contributed by atoms with Crippen molar-refractivity contribution in [2.24, 2.45) is 7.05 Å². The Labute approximate surface area is 104 Å². The summed E-state index contributed by atoms with van der Waals surface area (Å²) in [6.07, 6.45) is 3.04. The van der Waals surface area contributed by atoms with Crippen LogP contribution < -0.4 is 0 Å². The number of imidazole rings is 1. The van der Waals surface area contributed by atoms with Gasteiger partial charge < -0.3 is 4.57 Å². The fourth-order valence-corrected chi connectivity index (χ4v) is 3.20. The van der Waals surface area contributed by atoms with Gasteiger partial charge in [-0.3, -0.25) is 0 Å². The summed E-state index contributed by atoms with van der Waals surface area (Å²) in [6.45, 7) is 1.56. The van der Waals surface area contributed by atoms with Crippen molar-refractivity contribution in [2.45, 2.75) is 17.2 Å². The van der Waals surface area contributed by atoms with Crippen LogP contribution >= 0.6 is 11.6 Å². The van der Waals surface area contributed by atoms with E-state index in [2.05, 4.69) is 9.97 Å². The summed E-state index contributed by atoms with van der Waals surface area (Å²) in [5, 5.41) is -0.673. The van der Waals surface area contributed by atoms with Gasteiger partial charge in [0.2, 0.25) is 9.84 Å². The second-order valence-corrected chi connectivity index (χ2v) is 6.44. The van der Waals surface area contributed by atoms with Crippen LogP contribution in [0.4, 0.5) is 0 Å². The highest BCUT2D eigenvalue weighted by molar-refractivity contribution is 7.92. The van der Waals surface area contributed by atoms with E-state index in [4.69, 9.17) is 11.6 Å². The molecule has 1 atom stereocenters. The first kappa shape index (κ1) is 12.3. The van der Waals surface area contributed by atoms with Gasteiger partial charge in [0, 0.05) is 19.1 Å². The molecule has 7 heteroatoms. The van der Waals surface area contributed by atoms with E-state index in [-0.39, 0.29) is 10.9 Å². The van der Waals surface area contributed by atoms with Crippen molar-refractivity contribution in [1.29, 1.82) is 0 Å². The van der Waals surface area contributed by atoms with Gasteiger partial charge in [0.05, 0.1) is 17.1 Å². The van der Waals surface area contributed by atoms with Gasteiger partial charge in [0.1, 0.15) is 5.52 Å². The SMILES string of the molecule is CC(CCl)S(=O)(=O)c1nccc2c1ncn2C. The van der Waals surface area contributed by atoms with E-state index in [9.17, 15) is 8.42 Å². The van der Waals surface area contributed by atoms with Crippen molar-refractivity contribution in [3.8, 4) is 0 Å². The summed E-state index contributed by atoms with van der Waals surface area (Å²) >= 11 is 5.61. The molecule has 2 aromatic heterocycles. The zero-order chi connectivity index (χ0) is 12.6. The Balaban J connectivity index is 2.72. The second kappa shape index (κ2) is 4.27. The van der Waals surface area contributed by atoms with Gasteiger partial charge in [0.25, 0.3) is 0 Å². The Kier molecular flexibility index (Phi) is 3.09. The van der Waals surface area contributed by atoms with Crippen molar-refractivity contribution in [3.05, 3.63) is 18.6 Å². The lowest BCUT2D eigenvalue weighted by molar-refractivity contribution is 0.585. The topological polar surface area (TPSA) is 64.8 Å². The zero-order valence-electron chi connectivity index (χ0n) is 9.46. The predicted octanol–water partition coefficient (Wildman–Crippen LogP) is 1.37. The van der Waals surface area contributed by atoms with Crippen molar-refractivity contribution in [3.63, 3.8) is 0 Å². The van der Waals surface area contributed by atoms with E-state index < -0.39 is 15.1 Å². The van der Waals surface area contributed by atoms with Gasteiger partial charge in [-0.1, -0.05) is 0 Å². The number of alkyl halides is 1. The summed E-state index contributed by atoms with van der Waals surface area (Å²) < 4.78 is 26.1. The standard InChI is InChI=1S/C10H12ClN3O2S/c1-7(5-11)17(15,16)10-9-8(3-4-12-10)14(2)6-13-9/h3-4,6-7H,5H2,1-2H3. The monoisotopic (exact) mass is 273 g/mol. The lowest BCUT2D eigenvalue weighted by Gasteiger charge is -2.09. The molecule has 92 valence electrons. The van der Waals surface area contributed by atoms with Gasteiger partial charge in [0.15, 0.2) is 5.03 Å². The molecule has 0 spiro atoms. The van der Waals surface area contributed by atoms with Crippen LogP contribution in [0.15, 0.2) is 23.6 Å². The molecule has 0 aliphatic rings. The number of pyridine rings is 1. The molecule has 0 fully saturated rings. The van der Waals surface area contributed by atoms with Crippen molar-refractivity contribution in [2.75, 3.05) is 5.88 Å². The highest BCUT2D eigenvalue weighted by Gasteiger charge is 2.27. The van der Waals surface area contributed by atoms with Crippen LogP contribution in [0.5, 0.6) is 0 Å². The molecule has 0 saturated carbocycles. The van der Waals surface area contributed by atoms with Gasteiger partial charge >= 0.3 is 0 Å². The molecule has 0 N–H and O–H groups in total. The number of nitrogens with zero attached hydrogens (tertiary/aromatic N) is 3. The first-order valence-corrected chi connectivity index (χ1v) is 7.12. The number of rotatable bonds is 3. The normalized spacial score (nSPS) is 14.1. The highest BCUT2D eigenvalue weighted by atomic mass is 35.5. The summed E-state index contributed by atoms with van der Waals surface area (Å²) in [5.74, 6) is 0.0350. The Morgan fingerprint density at radius 1 is 1.47 bits per heavy atom. The maximum absolute atomic E-state index is 12.2. The molecule has 5 nitrogen and oxygen atoms in total. The molecule has 0 aromatic carbocycles. The van der Waals surface area contributed by atoms with E-state index in [1.807, 2.05) is 0 Å². The number of hydrogen-bond donors (Lipinski definition) is 0. The average Bonchev–Trinajstić information content (AvgIpc) is 2.70. The van der Waals surface area contributed by atoms with Crippen LogP contribution in [0.25, 0.3) is 11.0 Å². The molecule has 0 bridgehead atoms. The lowest BCUT2D eigenvalue weighted by atomic mass is 10.4. The quantitative estimate of drug-likeness (QED) is 0.793. The molecule has 0 aliphatic heterocycles. The maximum atomic E-state index is 12.2. The van der Waals surface area contributed by atoms with Crippen molar-refractivity contribution < 1.29 is 8.42 Å². The molecular formula is C10H12ClN3O2S. The molecule has 17 heavy (non-hydrogen) atoms. The fraction of sp³-hybridized carbons (Fsp3) is 0.400. The molecule has 2 heterocycles. The Hall–Kier alpha value is -1.14. The lowest BCUT2D eigenvalue weighted by Crippen LogP contribution is -2.20. The third-order valence-electron chi connectivity index (χ3n) is 2.63. The molecule has 0 amide bonds. The number of fused-ring (bicyclic) bond motifs is 1. The van der Waals surface area contributed by atoms with Crippen molar-refractivity contribution in [1.82, 2.24) is 14.5 Å². The van der Waals surface area contributed by atoms with Crippen LogP contribution in [0, 0.1) is 0 Å². The number of aryl methyl sites for hydroxylation is 1. The van der Waals surface area contributed by atoms with E-state index in [0.29, 0.717) is 5.52 Å². The molecule has 0 saturated heterocycles. The smallest absolute Gasteiger partial charge is 0.201 e. The van der Waals surface area contributed by atoms with E-state index in [1.54, 1.807) is 30.9 Å². The van der Waals surface area contributed by atoms with Crippen LogP contribution in [0.3, 0.4) is 0 Å². The Morgan fingerprint density at radius 2 is 2.18 bits per heavy atom. The zero-order valence-corrected chi connectivity index (χ0v) is 11.0. The molecule has 0 aliphatic carbocycles. The first-order chi connectivity index (χ1) is 7.98. The second-order valence-electron chi connectivity index (χ2n) is 3.85. The molecule has 2 rings (SSSR count). The minimum atomic E-state index is -3.52. The van der Waals surface area contributed by atoms with Crippen molar-refractivity contribution >= 4 is 32.5 Å². The van der Waals surface area contributed by atoms with Crippen LogP contribution in [-0.4, -0.2) is 34.1 Å². The number of hydrogen-bond acceptors (Lipinski definition) is 4. The van der Waals surface area contributed by atoms with Crippen LogP contribution in [-0.2, 0) is 16.9 Å². The van der Waals surface area contributed by atoms with Gasteiger partial charge in [-0.25, -0.2) is 18.4 Å². The van der Waals surface area contributed by atoms with E-state index >= 15 is 0 Å². The van der Waals surface area contributed by atoms with E-state index in [0.717, 1.165) is 5.52 Å². The Bertz CT molecular complexity index is 651. The third kappa shape index (κ3) is 1.91.